The van der Waals surface area contributed by atoms with Crippen LogP contribution in [-0.4, -0.2) is 24.4 Å². The molecular weight excluding hydrogens is 396 g/mol. The molecular formula is C24H24N2O5. The number of carbonyl (C=O) groups is 3. The number of rotatable bonds is 7. The molecule has 0 radical (unpaired) electrons. The minimum absolute atomic E-state index is 0.315. The zero-order valence-electron chi connectivity index (χ0n) is 17.7. The lowest BCUT2D eigenvalue weighted by molar-refractivity contribution is -0.119. The number of amides is 2. The predicted octanol–water partition coefficient (Wildman–Crippen LogP) is 3.93. The van der Waals surface area contributed by atoms with Crippen LogP contribution in [-0.2, 0) is 16.1 Å². The molecule has 0 spiro atoms. The van der Waals surface area contributed by atoms with Gasteiger partial charge in [0.1, 0.15) is 17.1 Å². The maximum absolute atomic E-state index is 12.6. The Bertz CT molecular complexity index is 1100. The van der Waals surface area contributed by atoms with E-state index in [1.54, 1.807) is 45.0 Å². The van der Waals surface area contributed by atoms with Crippen LogP contribution in [0.5, 0.6) is 0 Å². The van der Waals surface area contributed by atoms with Crippen LogP contribution in [0.1, 0.15) is 43.4 Å². The van der Waals surface area contributed by atoms with Crippen LogP contribution in [0, 0.1) is 20.8 Å². The third kappa shape index (κ3) is 5.39. The van der Waals surface area contributed by atoms with E-state index in [2.05, 4.69) is 10.6 Å². The number of esters is 1. The Morgan fingerprint density at radius 1 is 0.903 bits per heavy atom. The second kappa shape index (κ2) is 9.75. The number of ether oxygens (including phenoxy) is 1. The number of anilines is 1. The van der Waals surface area contributed by atoms with Gasteiger partial charge in [0.25, 0.3) is 11.8 Å². The fourth-order valence-corrected chi connectivity index (χ4v) is 3.15. The highest BCUT2D eigenvalue weighted by atomic mass is 16.5. The van der Waals surface area contributed by atoms with Crippen LogP contribution in [0.4, 0.5) is 5.69 Å². The summed E-state index contributed by atoms with van der Waals surface area (Å²) in [6.07, 6.45) is 0. The van der Waals surface area contributed by atoms with Gasteiger partial charge in [0.05, 0.1) is 11.3 Å². The average molecular weight is 420 g/mol. The van der Waals surface area contributed by atoms with Crippen LogP contribution in [0.2, 0.25) is 0 Å². The molecule has 7 heteroatoms. The maximum Gasteiger partial charge on any atom is 0.342 e. The number of carbonyl (C=O) groups excluding carboxylic acids is 3. The quantitative estimate of drug-likeness (QED) is 0.565. The van der Waals surface area contributed by atoms with Crippen molar-refractivity contribution >= 4 is 23.5 Å². The van der Waals surface area contributed by atoms with Crippen LogP contribution < -0.4 is 10.6 Å². The number of hydrogen-bond acceptors (Lipinski definition) is 5. The fourth-order valence-electron chi connectivity index (χ4n) is 3.15. The summed E-state index contributed by atoms with van der Waals surface area (Å²) in [4.78, 5) is 37.2. The van der Waals surface area contributed by atoms with E-state index in [1.165, 1.54) is 0 Å². The van der Waals surface area contributed by atoms with E-state index in [1.807, 2.05) is 30.3 Å². The van der Waals surface area contributed by atoms with Gasteiger partial charge in [-0.25, -0.2) is 4.79 Å². The first-order valence-electron chi connectivity index (χ1n) is 9.81. The van der Waals surface area contributed by atoms with Crippen molar-refractivity contribution in [3.05, 3.63) is 88.4 Å². The summed E-state index contributed by atoms with van der Waals surface area (Å²) in [5.74, 6) is -0.426. The molecule has 0 aliphatic carbocycles. The molecule has 7 nitrogen and oxygen atoms in total. The Kier molecular flexibility index (Phi) is 6.87. The fraction of sp³-hybridized carbons (Fsp3) is 0.208. The zero-order chi connectivity index (χ0) is 22.4. The van der Waals surface area contributed by atoms with Crippen molar-refractivity contribution in [2.75, 3.05) is 11.9 Å². The van der Waals surface area contributed by atoms with Gasteiger partial charge in [-0.15, -0.1) is 0 Å². The van der Waals surface area contributed by atoms with Gasteiger partial charge < -0.3 is 19.8 Å². The zero-order valence-corrected chi connectivity index (χ0v) is 17.7. The molecule has 31 heavy (non-hydrogen) atoms. The van der Waals surface area contributed by atoms with Gasteiger partial charge in [-0.05, 0) is 38.5 Å². The highest BCUT2D eigenvalue weighted by Crippen LogP contribution is 2.21. The number of benzene rings is 2. The highest BCUT2D eigenvalue weighted by molar-refractivity contribution is 6.04. The van der Waals surface area contributed by atoms with Gasteiger partial charge in [0, 0.05) is 12.1 Å². The number of hydrogen-bond donors (Lipinski definition) is 2. The number of para-hydroxylation sites is 1. The minimum Gasteiger partial charge on any atom is -0.465 e. The molecule has 0 bridgehead atoms. The van der Waals surface area contributed by atoms with E-state index >= 15 is 0 Å². The van der Waals surface area contributed by atoms with Crippen molar-refractivity contribution in [3.8, 4) is 0 Å². The SMILES string of the molecule is Cc1oc(C)c(C(=O)OCC(=O)Nc2ccccc2C(=O)NCc2ccccc2)c1C. The molecule has 0 atom stereocenters. The highest BCUT2D eigenvalue weighted by Gasteiger charge is 2.21. The normalized spacial score (nSPS) is 10.4. The smallest absolute Gasteiger partial charge is 0.342 e. The lowest BCUT2D eigenvalue weighted by Crippen LogP contribution is -2.26. The van der Waals surface area contributed by atoms with Crippen molar-refractivity contribution in [1.82, 2.24) is 5.32 Å². The monoisotopic (exact) mass is 420 g/mol. The average Bonchev–Trinajstić information content (AvgIpc) is 3.02. The van der Waals surface area contributed by atoms with Crippen LogP contribution in [0.15, 0.2) is 59.0 Å². The molecule has 0 saturated carbocycles. The summed E-state index contributed by atoms with van der Waals surface area (Å²) in [5, 5.41) is 5.46. The summed E-state index contributed by atoms with van der Waals surface area (Å²) in [7, 11) is 0. The Labute approximate surface area is 180 Å². The summed E-state index contributed by atoms with van der Waals surface area (Å²) in [6.45, 7) is 5.06. The molecule has 0 fully saturated rings. The van der Waals surface area contributed by atoms with E-state index < -0.39 is 18.5 Å². The molecule has 3 rings (SSSR count). The van der Waals surface area contributed by atoms with E-state index in [9.17, 15) is 14.4 Å². The maximum atomic E-state index is 12.6. The summed E-state index contributed by atoms with van der Waals surface area (Å²) in [6, 6.07) is 16.2. The Hall–Kier alpha value is -3.87. The van der Waals surface area contributed by atoms with Crippen molar-refractivity contribution in [3.63, 3.8) is 0 Å². The van der Waals surface area contributed by atoms with E-state index in [0.29, 0.717) is 40.4 Å². The lowest BCUT2D eigenvalue weighted by Gasteiger charge is -2.12. The van der Waals surface area contributed by atoms with E-state index in [4.69, 9.17) is 9.15 Å². The minimum atomic E-state index is -0.629. The summed E-state index contributed by atoms with van der Waals surface area (Å²) >= 11 is 0. The van der Waals surface area contributed by atoms with Crippen molar-refractivity contribution in [2.24, 2.45) is 0 Å². The molecule has 2 N–H and O–H groups in total. The van der Waals surface area contributed by atoms with Gasteiger partial charge >= 0.3 is 5.97 Å². The standard InChI is InChI=1S/C24H24N2O5/c1-15-16(2)31-17(3)22(15)24(29)30-14-21(27)26-20-12-8-7-11-19(20)23(28)25-13-18-9-5-4-6-10-18/h4-12H,13-14H2,1-3H3,(H,25,28)(H,26,27). The molecule has 0 aliphatic heterocycles. The third-order valence-electron chi connectivity index (χ3n) is 4.84. The summed E-state index contributed by atoms with van der Waals surface area (Å²) in [5.41, 5.74) is 2.62. The van der Waals surface area contributed by atoms with Gasteiger partial charge in [0.15, 0.2) is 6.61 Å². The lowest BCUT2D eigenvalue weighted by atomic mass is 10.1. The van der Waals surface area contributed by atoms with Crippen molar-refractivity contribution < 1.29 is 23.5 Å². The van der Waals surface area contributed by atoms with Crippen LogP contribution >= 0.6 is 0 Å². The predicted molar refractivity (Wildman–Crippen MR) is 116 cm³/mol. The molecule has 160 valence electrons. The molecule has 0 saturated heterocycles. The first kappa shape index (κ1) is 21.8. The first-order valence-corrected chi connectivity index (χ1v) is 9.81. The first-order chi connectivity index (χ1) is 14.9. The topological polar surface area (TPSA) is 97.6 Å². The molecule has 0 unspecified atom stereocenters. The Morgan fingerprint density at radius 3 is 2.26 bits per heavy atom. The summed E-state index contributed by atoms with van der Waals surface area (Å²) < 4.78 is 10.6. The Balaban J connectivity index is 1.60. The van der Waals surface area contributed by atoms with Gasteiger partial charge in [0.2, 0.25) is 0 Å². The molecule has 2 amide bonds. The number of furan rings is 1. The molecule has 2 aromatic carbocycles. The molecule has 1 aromatic heterocycles. The number of nitrogens with one attached hydrogen (secondary N) is 2. The molecule has 3 aromatic rings. The molecule has 1 heterocycles. The molecule has 0 aliphatic rings. The second-order valence-corrected chi connectivity index (χ2v) is 7.05. The Morgan fingerprint density at radius 2 is 1.58 bits per heavy atom. The van der Waals surface area contributed by atoms with Crippen molar-refractivity contribution in [2.45, 2.75) is 27.3 Å². The van der Waals surface area contributed by atoms with Gasteiger partial charge in [-0.2, -0.15) is 0 Å². The largest absolute Gasteiger partial charge is 0.465 e. The van der Waals surface area contributed by atoms with Crippen LogP contribution in [0.3, 0.4) is 0 Å². The van der Waals surface area contributed by atoms with Gasteiger partial charge in [-0.1, -0.05) is 42.5 Å². The second-order valence-electron chi connectivity index (χ2n) is 7.05. The third-order valence-corrected chi connectivity index (χ3v) is 4.84. The number of aryl methyl sites for hydroxylation is 2. The van der Waals surface area contributed by atoms with Crippen LogP contribution in [0.25, 0.3) is 0 Å². The van der Waals surface area contributed by atoms with Crippen molar-refractivity contribution in [1.29, 1.82) is 0 Å². The van der Waals surface area contributed by atoms with E-state index in [0.717, 1.165) is 5.56 Å². The van der Waals surface area contributed by atoms with E-state index in [-0.39, 0.29) is 5.91 Å². The van der Waals surface area contributed by atoms with Gasteiger partial charge in [-0.3, -0.25) is 9.59 Å².